The first-order valence-corrected chi connectivity index (χ1v) is 7.85. The zero-order valence-electron chi connectivity index (χ0n) is 12.4. The van der Waals surface area contributed by atoms with Gasteiger partial charge in [-0.2, -0.15) is 0 Å². The highest BCUT2D eigenvalue weighted by atomic mass is 16.4. The number of carboxylic acid groups (broad SMARTS) is 1. The van der Waals surface area contributed by atoms with Crippen LogP contribution in [0.1, 0.15) is 25.7 Å². The average molecular weight is 298 g/mol. The van der Waals surface area contributed by atoms with E-state index in [0.29, 0.717) is 13.0 Å². The summed E-state index contributed by atoms with van der Waals surface area (Å²) in [7, 11) is 0. The standard InChI is InChI=1S/C14H26N4O3/c19-13(20)11-2-1-3-12(10-11)17-14(21)16-6-9-18-7-4-15-5-8-18/h11-12,15H,1-10H2,(H,19,20)(H2,16,17,21). The molecule has 1 saturated carbocycles. The lowest BCUT2D eigenvalue weighted by Crippen LogP contribution is -2.49. The maximum atomic E-state index is 11.8. The van der Waals surface area contributed by atoms with E-state index in [1.54, 1.807) is 0 Å². The number of carbonyl (C=O) groups excluding carboxylic acids is 1. The van der Waals surface area contributed by atoms with Gasteiger partial charge in [-0.05, 0) is 19.3 Å². The predicted octanol–water partition coefficient (Wildman–Crippen LogP) is -0.166. The number of piperazine rings is 1. The topological polar surface area (TPSA) is 93.7 Å². The monoisotopic (exact) mass is 298 g/mol. The van der Waals surface area contributed by atoms with E-state index in [1.807, 2.05) is 0 Å². The SMILES string of the molecule is O=C(NCCN1CCNCC1)NC1CCCC(C(=O)O)C1. The lowest BCUT2D eigenvalue weighted by molar-refractivity contribution is -0.143. The minimum Gasteiger partial charge on any atom is -0.481 e. The van der Waals surface area contributed by atoms with E-state index in [1.165, 1.54) is 0 Å². The van der Waals surface area contributed by atoms with Gasteiger partial charge < -0.3 is 21.1 Å². The number of hydrogen-bond acceptors (Lipinski definition) is 4. The van der Waals surface area contributed by atoms with Gasteiger partial charge in [-0.25, -0.2) is 4.79 Å². The molecule has 0 aromatic heterocycles. The van der Waals surface area contributed by atoms with E-state index < -0.39 is 5.97 Å². The van der Waals surface area contributed by atoms with Gasteiger partial charge in [-0.15, -0.1) is 0 Å². The van der Waals surface area contributed by atoms with Crippen molar-refractivity contribution in [2.45, 2.75) is 31.7 Å². The molecule has 21 heavy (non-hydrogen) atoms. The summed E-state index contributed by atoms with van der Waals surface area (Å²) in [4.78, 5) is 25.1. The molecule has 1 heterocycles. The Labute approximate surface area is 125 Å². The van der Waals surface area contributed by atoms with Gasteiger partial charge in [0.2, 0.25) is 0 Å². The summed E-state index contributed by atoms with van der Waals surface area (Å²) >= 11 is 0. The van der Waals surface area contributed by atoms with Crippen LogP contribution >= 0.6 is 0 Å². The van der Waals surface area contributed by atoms with E-state index in [9.17, 15) is 9.59 Å². The highest BCUT2D eigenvalue weighted by Crippen LogP contribution is 2.24. The van der Waals surface area contributed by atoms with E-state index in [2.05, 4.69) is 20.9 Å². The van der Waals surface area contributed by atoms with Crippen molar-refractivity contribution in [3.05, 3.63) is 0 Å². The molecule has 1 aliphatic carbocycles. The molecular weight excluding hydrogens is 272 g/mol. The molecule has 2 aliphatic rings. The molecule has 7 heteroatoms. The maximum absolute atomic E-state index is 11.8. The van der Waals surface area contributed by atoms with Crippen LogP contribution in [0.3, 0.4) is 0 Å². The summed E-state index contributed by atoms with van der Waals surface area (Å²) in [6.45, 7) is 5.53. The summed E-state index contributed by atoms with van der Waals surface area (Å²) < 4.78 is 0. The molecule has 0 aromatic rings. The zero-order chi connectivity index (χ0) is 15.1. The van der Waals surface area contributed by atoms with Crippen molar-refractivity contribution in [3.63, 3.8) is 0 Å². The van der Waals surface area contributed by atoms with Gasteiger partial charge in [-0.3, -0.25) is 9.69 Å². The molecule has 2 rings (SSSR count). The Bertz CT molecular complexity index is 358. The summed E-state index contributed by atoms with van der Waals surface area (Å²) in [6.07, 6.45) is 3.00. The van der Waals surface area contributed by atoms with Crippen molar-refractivity contribution in [1.82, 2.24) is 20.9 Å². The molecule has 0 bridgehead atoms. The highest BCUT2D eigenvalue weighted by Gasteiger charge is 2.27. The minimum absolute atomic E-state index is 0.0148. The number of urea groups is 1. The lowest BCUT2D eigenvalue weighted by atomic mass is 9.86. The Morgan fingerprint density at radius 2 is 2.00 bits per heavy atom. The molecule has 2 unspecified atom stereocenters. The van der Waals surface area contributed by atoms with Gasteiger partial charge in [0.05, 0.1) is 5.92 Å². The van der Waals surface area contributed by atoms with Crippen molar-refractivity contribution >= 4 is 12.0 Å². The van der Waals surface area contributed by atoms with E-state index in [4.69, 9.17) is 5.11 Å². The first-order valence-electron chi connectivity index (χ1n) is 7.85. The quantitative estimate of drug-likeness (QED) is 0.566. The molecule has 120 valence electrons. The molecule has 2 amide bonds. The summed E-state index contributed by atoms with van der Waals surface area (Å²) in [5.41, 5.74) is 0. The number of rotatable bonds is 5. The van der Waals surface area contributed by atoms with E-state index in [-0.39, 0.29) is 18.0 Å². The van der Waals surface area contributed by atoms with Crippen LogP contribution < -0.4 is 16.0 Å². The van der Waals surface area contributed by atoms with Crippen LogP contribution in [0.5, 0.6) is 0 Å². The lowest BCUT2D eigenvalue weighted by Gasteiger charge is -2.28. The second kappa shape index (κ2) is 8.19. The molecule has 0 spiro atoms. The third-order valence-corrected chi connectivity index (χ3v) is 4.28. The van der Waals surface area contributed by atoms with Gasteiger partial charge >= 0.3 is 12.0 Å². The zero-order valence-corrected chi connectivity index (χ0v) is 12.4. The number of amides is 2. The summed E-state index contributed by atoms with van der Waals surface area (Å²) in [5, 5.41) is 18.1. The fourth-order valence-electron chi connectivity index (χ4n) is 3.04. The van der Waals surface area contributed by atoms with Crippen LogP contribution in [0.2, 0.25) is 0 Å². The molecule has 7 nitrogen and oxygen atoms in total. The smallest absolute Gasteiger partial charge is 0.315 e. The molecular formula is C14H26N4O3. The van der Waals surface area contributed by atoms with E-state index in [0.717, 1.165) is 52.0 Å². The molecule has 4 N–H and O–H groups in total. The first kappa shape index (κ1) is 16.0. The van der Waals surface area contributed by atoms with Crippen molar-refractivity contribution in [1.29, 1.82) is 0 Å². The molecule has 0 aromatic carbocycles. The van der Waals surface area contributed by atoms with E-state index >= 15 is 0 Å². The predicted molar refractivity (Wildman–Crippen MR) is 79.2 cm³/mol. The Balaban J connectivity index is 1.61. The van der Waals surface area contributed by atoms with Crippen LogP contribution in [0, 0.1) is 5.92 Å². The summed E-state index contributed by atoms with van der Waals surface area (Å²) in [5.74, 6) is -1.06. The Hall–Kier alpha value is -1.34. The molecule has 0 radical (unpaired) electrons. The number of nitrogens with one attached hydrogen (secondary N) is 3. The highest BCUT2D eigenvalue weighted by molar-refractivity contribution is 5.74. The Kier molecular flexibility index (Phi) is 6.25. The molecule has 1 saturated heterocycles. The van der Waals surface area contributed by atoms with Gasteiger partial charge in [0.1, 0.15) is 0 Å². The molecule has 1 aliphatic heterocycles. The molecule has 2 atom stereocenters. The minimum atomic E-state index is -0.749. The van der Waals surface area contributed by atoms with Crippen LogP contribution in [-0.4, -0.2) is 67.3 Å². The number of aliphatic carboxylic acids is 1. The maximum Gasteiger partial charge on any atom is 0.315 e. The Morgan fingerprint density at radius 3 is 2.71 bits per heavy atom. The van der Waals surface area contributed by atoms with Crippen molar-refractivity contribution < 1.29 is 14.7 Å². The second-order valence-corrected chi connectivity index (χ2v) is 5.89. The first-order chi connectivity index (χ1) is 10.1. The van der Waals surface area contributed by atoms with Crippen LogP contribution in [-0.2, 0) is 4.79 Å². The van der Waals surface area contributed by atoms with Crippen molar-refractivity contribution in [3.8, 4) is 0 Å². The fourth-order valence-corrected chi connectivity index (χ4v) is 3.04. The van der Waals surface area contributed by atoms with Crippen LogP contribution in [0.4, 0.5) is 4.79 Å². The number of carboxylic acids is 1. The third kappa shape index (κ3) is 5.51. The van der Waals surface area contributed by atoms with Crippen molar-refractivity contribution in [2.75, 3.05) is 39.3 Å². The normalized spacial score (nSPS) is 27.0. The Morgan fingerprint density at radius 1 is 1.24 bits per heavy atom. The number of carbonyl (C=O) groups is 2. The van der Waals surface area contributed by atoms with Crippen molar-refractivity contribution in [2.24, 2.45) is 5.92 Å². The number of hydrogen-bond donors (Lipinski definition) is 4. The summed E-state index contributed by atoms with van der Waals surface area (Å²) in [6, 6.07) is -0.194. The largest absolute Gasteiger partial charge is 0.481 e. The van der Waals surface area contributed by atoms with Gasteiger partial charge in [0, 0.05) is 45.3 Å². The molecule has 2 fully saturated rings. The third-order valence-electron chi connectivity index (χ3n) is 4.28. The van der Waals surface area contributed by atoms with Gasteiger partial charge in [-0.1, -0.05) is 6.42 Å². The number of nitrogens with zero attached hydrogens (tertiary/aromatic N) is 1. The average Bonchev–Trinajstić information content (AvgIpc) is 2.48. The van der Waals surface area contributed by atoms with Gasteiger partial charge in [0.15, 0.2) is 0 Å². The fraction of sp³-hybridized carbons (Fsp3) is 0.857. The second-order valence-electron chi connectivity index (χ2n) is 5.89. The van der Waals surface area contributed by atoms with Gasteiger partial charge in [0.25, 0.3) is 0 Å². The van der Waals surface area contributed by atoms with Crippen LogP contribution in [0.15, 0.2) is 0 Å². The van der Waals surface area contributed by atoms with Crippen LogP contribution in [0.25, 0.3) is 0 Å².